The van der Waals surface area contributed by atoms with Gasteiger partial charge in [-0.3, -0.25) is 9.69 Å². The van der Waals surface area contributed by atoms with E-state index >= 15 is 0 Å². The molecule has 2 rings (SSSR count). The summed E-state index contributed by atoms with van der Waals surface area (Å²) >= 11 is 0. The molecular formula is C14H21NO5. The minimum atomic E-state index is -0.301. The normalized spacial score (nSPS) is 20.3. The average Bonchev–Trinajstić information content (AvgIpc) is 2.46. The number of hydrogen-bond acceptors (Lipinski definition) is 6. The lowest BCUT2D eigenvalue weighted by Crippen LogP contribution is -2.47. The first-order valence-electron chi connectivity index (χ1n) is 6.81. The van der Waals surface area contributed by atoms with Gasteiger partial charge in [-0.2, -0.15) is 0 Å². The average molecular weight is 283 g/mol. The first-order chi connectivity index (χ1) is 9.60. The number of nitrogens with zero attached hydrogens (tertiary/aromatic N) is 1. The van der Waals surface area contributed by atoms with Crippen LogP contribution in [0.4, 0.5) is 0 Å². The lowest BCUT2D eigenvalue weighted by Gasteiger charge is -2.35. The van der Waals surface area contributed by atoms with Crippen LogP contribution in [0.1, 0.15) is 19.6 Å². The summed E-state index contributed by atoms with van der Waals surface area (Å²) in [6.07, 6.45) is 1.18. The van der Waals surface area contributed by atoms with E-state index in [-0.39, 0.29) is 29.6 Å². The monoisotopic (exact) mass is 283 g/mol. The number of aliphatic hydroxyl groups excluding tert-OH is 1. The van der Waals surface area contributed by atoms with Gasteiger partial charge >= 0.3 is 0 Å². The van der Waals surface area contributed by atoms with Crippen molar-refractivity contribution in [3.63, 3.8) is 0 Å². The summed E-state index contributed by atoms with van der Waals surface area (Å²) in [7, 11) is 0. The van der Waals surface area contributed by atoms with Crippen molar-refractivity contribution in [3.05, 3.63) is 28.3 Å². The fourth-order valence-electron chi connectivity index (χ4n) is 2.12. The third kappa shape index (κ3) is 3.82. The van der Waals surface area contributed by atoms with Gasteiger partial charge in [0.25, 0.3) is 0 Å². The highest BCUT2D eigenvalue weighted by atomic mass is 16.5. The van der Waals surface area contributed by atoms with Crippen molar-refractivity contribution in [1.82, 2.24) is 4.90 Å². The van der Waals surface area contributed by atoms with Gasteiger partial charge in [0.1, 0.15) is 31.3 Å². The Morgan fingerprint density at radius 2 is 2.35 bits per heavy atom. The van der Waals surface area contributed by atoms with Crippen LogP contribution in [0.5, 0.6) is 5.75 Å². The molecule has 1 unspecified atom stereocenters. The van der Waals surface area contributed by atoms with Crippen LogP contribution in [0, 0.1) is 0 Å². The summed E-state index contributed by atoms with van der Waals surface area (Å²) in [5.74, 6) is 0.370. The number of morpholine rings is 1. The molecule has 6 nitrogen and oxygen atoms in total. The van der Waals surface area contributed by atoms with Crippen LogP contribution in [0.15, 0.2) is 21.5 Å². The largest absolute Gasteiger partial charge is 0.484 e. The Balaban J connectivity index is 1.90. The third-order valence-corrected chi connectivity index (χ3v) is 3.33. The maximum absolute atomic E-state index is 11.7. The molecule has 1 aliphatic rings. The van der Waals surface area contributed by atoms with Gasteiger partial charge in [-0.15, -0.1) is 0 Å². The Bertz CT molecular complexity index is 485. The number of ether oxygens (including phenoxy) is 2. The summed E-state index contributed by atoms with van der Waals surface area (Å²) < 4.78 is 16.2. The Labute approximate surface area is 117 Å². The van der Waals surface area contributed by atoms with Gasteiger partial charge in [-0.1, -0.05) is 0 Å². The van der Waals surface area contributed by atoms with E-state index < -0.39 is 0 Å². The van der Waals surface area contributed by atoms with E-state index in [1.54, 1.807) is 0 Å². The smallest absolute Gasteiger partial charge is 0.227 e. The zero-order valence-corrected chi connectivity index (χ0v) is 11.9. The van der Waals surface area contributed by atoms with Crippen LogP contribution in [0.25, 0.3) is 0 Å². The van der Waals surface area contributed by atoms with E-state index in [1.165, 1.54) is 12.3 Å². The van der Waals surface area contributed by atoms with Gasteiger partial charge in [0.2, 0.25) is 11.2 Å². The van der Waals surface area contributed by atoms with Crippen LogP contribution in [0.3, 0.4) is 0 Å². The highest BCUT2D eigenvalue weighted by Crippen LogP contribution is 2.11. The number of aliphatic hydroxyl groups is 1. The molecule has 112 valence electrons. The van der Waals surface area contributed by atoms with Crippen LogP contribution < -0.4 is 10.2 Å². The molecular weight excluding hydrogens is 262 g/mol. The van der Waals surface area contributed by atoms with Crippen LogP contribution in [0.2, 0.25) is 0 Å². The van der Waals surface area contributed by atoms with Crippen molar-refractivity contribution in [2.45, 2.75) is 32.6 Å². The molecule has 6 heteroatoms. The predicted octanol–water partition coefficient (Wildman–Crippen LogP) is 0.620. The summed E-state index contributed by atoms with van der Waals surface area (Å²) in [6.45, 7) is 6.68. The molecule has 2 heterocycles. The molecule has 1 atom stereocenters. The number of rotatable bonds is 5. The topological polar surface area (TPSA) is 72.1 Å². The van der Waals surface area contributed by atoms with Crippen LogP contribution >= 0.6 is 0 Å². The Morgan fingerprint density at radius 3 is 3.00 bits per heavy atom. The molecule has 0 amide bonds. The first kappa shape index (κ1) is 15.0. The predicted molar refractivity (Wildman–Crippen MR) is 72.8 cm³/mol. The van der Waals surface area contributed by atoms with Crippen molar-refractivity contribution < 1.29 is 19.0 Å². The molecule has 1 fully saturated rings. The molecule has 1 N–H and O–H groups in total. The summed E-state index contributed by atoms with van der Waals surface area (Å²) in [5, 5.41) is 8.87. The van der Waals surface area contributed by atoms with Crippen molar-refractivity contribution in [2.24, 2.45) is 0 Å². The molecule has 1 aromatic heterocycles. The molecule has 0 saturated carbocycles. The number of hydrogen-bond donors (Lipinski definition) is 1. The van der Waals surface area contributed by atoms with Crippen molar-refractivity contribution in [3.8, 4) is 5.75 Å². The first-order valence-corrected chi connectivity index (χ1v) is 6.81. The Hall–Kier alpha value is -1.37. The molecule has 0 aromatic carbocycles. The molecule has 20 heavy (non-hydrogen) atoms. The van der Waals surface area contributed by atoms with Crippen LogP contribution in [-0.2, 0) is 11.3 Å². The maximum Gasteiger partial charge on any atom is 0.227 e. The van der Waals surface area contributed by atoms with E-state index in [1.807, 2.05) is 0 Å². The van der Waals surface area contributed by atoms with Gasteiger partial charge in [-0.25, -0.2) is 0 Å². The Morgan fingerprint density at radius 1 is 1.55 bits per heavy atom. The van der Waals surface area contributed by atoms with Gasteiger partial charge in [0.05, 0.1) is 6.61 Å². The van der Waals surface area contributed by atoms with E-state index in [9.17, 15) is 4.79 Å². The quantitative estimate of drug-likeness (QED) is 0.854. The van der Waals surface area contributed by atoms with E-state index in [2.05, 4.69) is 18.7 Å². The molecule has 0 aliphatic carbocycles. The van der Waals surface area contributed by atoms with E-state index in [4.69, 9.17) is 19.0 Å². The van der Waals surface area contributed by atoms with E-state index in [0.717, 1.165) is 13.1 Å². The zero-order chi connectivity index (χ0) is 14.5. The molecule has 0 radical (unpaired) electrons. The van der Waals surface area contributed by atoms with Crippen LogP contribution in [-0.4, -0.2) is 48.5 Å². The Kier molecular flexibility index (Phi) is 5.17. The highest BCUT2D eigenvalue weighted by molar-refractivity contribution is 5.17. The molecule has 1 aliphatic heterocycles. The summed E-state index contributed by atoms with van der Waals surface area (Å²) in [5.41, 5.74) is -0.295. The van der Waals surface area contributed by atoms with E-state index in [0.29, 0.717) is 19.3 Å². The van der Waals surface area contributed by atoms with Gasteiger partial charge < -0.3 is 19.0 Å². The molecule has 0 bridgehead atoms. The fraction of sp³-hybridized carbons (Fsp3) is 0.643. The second-order valence-corrected chi connectivity index (χ2v) is 5.13. The standard InChI is InChI=1S/C14H21NO5/c1-10(2)15-3-4-18-12(6-15)8-20-14-9-19-11(7-16)5-13(14)17/h5,9-10,12,16H,3-4,6-8H2,1-2H3. The maximum atomic E-state index is 11.7. The summed E-state index contributed by atoms with van der Waals surface area (Å²) in [4.78, 5) is 14.0. The highest BCUT2D eigenvalue weighted by Gasteiger charge is 2.23. The van der Waals surface area contributed by atoms with Gasteiger partial charge in [-0.05, 0) is 13.8 Å². The van der Waals surface area contributed by atoms with Crippen molar-refractivity contribution in [2.75, 3.05) is 26.3 Å². The lowest BCUT2D eigenvalue weighted by atomic mass is 10.2. The second kappa shape index (κ2) is 6.88. The summed E-state index contributed by atoms with van der Waals surface area (Å²) in [6, 6.07) is 1.70. The minimum absolute atomic E-state index is 0.0527. The second-order valence-electron chi connectivity index (χ2n) is 5.13. The fourth-order valence-corrected chi connectivity index (χ4v) is 2.12. The SMILES string of the molecule is CC(C)N1CCOC(COc2coc(CO)cc2=O)C1. The molecule has 1 saturated heterocycles. The minimum Gasteiger partial charge on any atom is -0.484 e. The lowest BCUT2D eigenvalue weighted by molar-refractivity contribution is -0.0568. The zero-order valence-electron chi connectivity index (χ0n) is 11.9. The van der Waals surface area contributed by atoms with Crippen molar-refractivity contribution >= 4 is 0 Å². The van der Waals surface area contributed by atoms with Gasteiger partial charge in [0.15, 0.2) is 0 Å². The molecule has 0 spiro atoms. The van der Waals surface area contributed by atoms with Crippen molar-refractivity contribution in [1.29, 1.82) is 0 Å². The van der Waals surface area contributed by atoms with Gasteiger partial charge in [0, 0.05) is 25.2 Å². The molecule has 1 aromatic rings. The third-order valence-electron chi connectivity index (χ3n) is 3.33.